The fourth-order valence-electron chi connectivity index (χ4n) is 3.94. The molecule has 2 aromatic heterocycles. The van der Waals surface area contributed by atoms with E-state index in [1.54, 1.807) is 6.33 Å². The summed E-state index contributed by atoms with van der Waals surface area (Å²) in [4.78, 5) is 7.06. The Balaban J connectivity index is 1.61. The first-order valence-electron chi connectivity index (χ1n) is 7.83. The third kappa shape index (κ3) is 2.05. The second kappa shape index (κ2) is 5.04. The van der Waals surface area contributed by atoms with Crippen LogP contribution >= 0.6 is 0 Å². The molecule has 2 aromatic rings. The van der Waals surface area contributed by atoms with Crippen LogP contribution in [0.25, 0.3) is 5.65 Å². The largest absolute Gasteiger partial charge is 0.350 e. The Morgan fingerprint density at radius 3 is 2.95 bits per heavy atom. The van der Waals surface area contributed by atoms with E-state index in [0.717, 1.165) is 23.9 Å². The average Bonchev–Trinajstić information content (AvgIpc) is 3.19. The van der Waals surface area contributed by atoms with E-state index in [9.17, 15) is 0 Å². The van der Waals surface area contributed by atoms with Crippen molar-refractivity contribution in [2.45, 2.75) is 51.0 Å². The molecular formula is C15H21N5. The molecule has 2 aliphatic rings. The molecule has 0 N–H and O–H groups in total. The molecule has 20 heavy (non-hydrogen) atoms. The van der Waals surface area contributed by atoms with Crippen LogP contribution in [-0.2, 0) is 0 Å². The van der Waals surface area contributed by atoms with Gasteiger partial charge in [-0.15, -0.1) is 10.2 Å². The highest BCUT2D eigenvalue weighted by atomic mass is 15.3. The van der Waals surface area contributed by atoms with Crippen LogP contribution < -0.4 is 4.90 Å². The summed E-state index contributed by atoms with van der Waals surface area (Å²) in [5.41, 5.74) is 0.894. The molecule has 4 rings (SSSR count). The Hall–Kier alpha value is -1.65. The van der Waals surface area contributed by atoms with Crippen LogP contribution in [0.15, 0.2) is 18.7 Å². The molecule has 1 saturated carbocycles. The molecule has 0 aromatic carbocycles. The summed E-state index contributed by atoms with van der Waals surface area (Å²) in [5, 5.41) is 8.25. The molecule has 1 aliphatic heterocycles. The van der Waals surface area contributed by atoms with E-state index in [1.165, 1.54) is 44.9 Å². The number of nitrogens with zero attached hydrogens (tertiary/aromatic N) is 5. The van der Waals surface area contributed by atoms with Gasteiger partial charge in [0.15, 0.2) is 5.82 Å². The van der Waals surface area contributed by atoms with Gasteiger partial charge in [-0.05, 0) is 25.2 Å². The van der Waals surface area contributed by atoms with Crippen molar-refractivity contribution in [3.63, 3.8) is 0 Å². The van der Waals surface area contributed by atoms with Gasteiger partial charge in [0, 0.05) is 25.0 Å². The van der Waals surface area contributed by atoms with Gasteiger partial charge >= 0.3 is 0 Å². The molecule has 0 spiro atoms. The van der Waals surface area contributed by atoms with Crippen molar-refractivity contribution in [2.24, 2.45) is 5.92 Å². The lowest BCUT2D eigenvalue weighted by atomic mass is 9.97. The monoisotopic (exact) mass is 271 g/mol. The van der Waals surface area contributed by atoms with Crippen molar-refractivity contribution in [3.8, 4) is 0 Å². The Labute approximate surface area is 119 Å². The van der Waals surface area contributed by atoms with Crippen LogP contribution in [0.1, 0.15) is 44.9 Å². The highest BCUT2D eigenvalue weighted by Gasteiger charge is 2.30. The van der Waals surface area contributed by atoms with E-state index in [-0.39, 0.29) is 0 Å². The van der Waals surface area contributed by atoms with Gasteiger partial charge in [0.05, 0.1) is 0 Å². The summed E-state index contributed by atoms with van der Waals surface area (Å²) in [5.74, 6) is 1.95. The van der Waals surface area contributed by atoms with Gasteiger partial charge in [-0.3, -0.25) is 4.40 Å². The summed E-state index contributed by atoms with van der Waals surface area (Å²) in [6.07, 6.45) is 15.1. The highest BCUT2D eigenvalue weighted by Crippen LogP contribution is 2.35. The van der Waals surface area contributed by atoms with Crippen LogP contribution in [-0.4, -0.2) is 32.2 Å². The van der Waals surface area contributed by atoms with Crippen molar-refractivity contribution in [1.82, 2.24) is 19.6 Å². The second-order valence-electron chi connectivity index (χ2n) is 6.19. The molecule has 5 heteroatoms. The van der Waals surface area contributed by atoms with E-state index in [1.807, 2.05) is 16.8 Å². The molecule has 1 atom stereocenters. The molecule has 1 unspecified atom stereocenters. The zero-order valence-corrected chi connectivity index (χ0v) is 11.8. The topological polar surface area (TPSA) is 46.3 Å². The van der Waals surface area contributed by atoms with Gasteiger partial charge < -0.3 is 4.90 Å². The van der Waals surface area contributed by atoms with Gasteiger partial charge in [0.25, 0.3) is 0 Å². The standard InChI is InChI=1S/C15H21N5/c1-2-5-12(4-1)10-13-6-3-8-20(13)14-15-18-17-11-19(15)9-7-16-14/h7,9,11-13H,1-6,8,10H2. The van der Waals surface area contributed by atoms with Crippen LogP contribution in [0, 0.1) is 5.92 Å². The number of rotatable bonds is 3. The Morgan fingerprint density at radius 2 is 2.05 bits per heavy atom. The zero-order valence-electron chi connectivity index (χ0n) is 11.8. The van der Waals surface area contributed by atoms with Gasteiger partial charge in [-0.1, -0.05) is 25.7 Å². The van der Waals surface area contributed by atoms with Crippen molar-refractivity contribution in [1.29, 1.82) is 0 Å². The van der Waals surface area contributed by atoms with E-state index in [4.69, 9.17) is 0 Å². The predicted octanol–water partition coefficient (Wildman–Crippen LogP) is 2.67. The number of anilines is 1. The Kier molecular flexibility index (Phi) is 3.05. The van der Waals surface area contributed by atoms with Gasteiger partial charge in [-0.25, -0.2) is 4.98 Å². The molecule has 0 radical (unpaired) electrons. The Bertz CT molecular complexity index is 587. The zero-order chi connectivity index (χ0) is 13.4. The van der Waals surface area contributed by atoms with Crippen molar-refractivity contribution >= 4 is 11.5 Å². The van der Waals surface area contributed by atoms with E-state index < -0.39 is 0 Å². The first-order chi connectivity index (χ1) is 9.92. The van der Waals surface area contributed by atoms with E-state index in [2.05, 4.69) is 20.1 Å². The minimum absolute atomic E-state index is 0.647. The number of aromatic nitrogens is 4. The smallest absolute Gasteiger partial charge is 0.203 e. The quantitative estimate of drug-likeness (QED) is 0.861. The molecule has 0 bridgehead atoms. The van der Waals surface area contributed by atoms with Crippen molar-refractivity contribution < 1.29 is 0 Å². The van der Waals surface area contributed by atoms with E-state index >= 15 is 0 Å². The molecule has 1 aliphatic carbocycles. The lowest BCUT2D eigenvalue weighted by molar-refractivity contribution is 0.440. The maximum atomic E-state index is 4.59. The first-order valence-corrected chi connectivity index (χ1v) is 7.83. The van der Waals surface area contributed by atoms with Crippen LogP contribution in [0.2, 0.25) is 0 Å². The Morgan fingerprint density at radius 1 is 1.15 bits per heavy atom. The molecule has 0 amide bonds. The number of fused-ring (bicyclic) bond motifs is 1. The van der Waals surface area contributed by atoms with Crippen LogP contribution in [0.3, 0.4) is 0 Å². The minimum atomic E-state index is 0.647. The van der Waals surface area contributed by atoms with E-state index in [0.29, 0.717) is 6.04 Å². The fraction of sp³-hybridized carbons (Fsp3) is 0.667. The number of hydrogen-bond donors (Lipinski definition) is 0. The maximum Gasteiger partial charge on any atom is 0.203 e. The molecular weight excluding hydrogens is 250 g/mol. The summed E-state index contributed by atoms with van der Waals surface area (Å²) in [6.45, 7) is 1.11. The summed E-state index contributed by atoms with van der Waals surface area (Å²) < 4.78 is 1.97. The second-order valence-corrected chi connectivity index (χ2v) is 6.19. The van der Waals surface area contributed by atoms with Gasteiger partial charge in [0.1, 0.15) is 6.33 Å². The fourth-order valence-corrected chi connectivity index (χ4v) is 3.94. The maximum absolute atomic E-state index is 4.59. The van der Waals surface area contributed by atoms with Crippen LogP contribution in [0.4, 0.5) is 5.82 Å². The number of hydrogen-bond acceptors (Lipinski definition) is 4. The highest BCUT2D eigenvalue weighted by molar-refractivity contribution is 5.64. The summed E-state index contributed by atoms with van der Waals surface area (Å²) in [7, 11) is 0. The third-order valence-corrected chi connectivity index (χ3v) is 4.93. The lowest BCUT2D eigenvalue weighted by Gasteiger charge is -2.27. The lowest BCUT2D eigenvalue weighted by Crippen LogP contribution is -2.32. The van der Waals surface area contributed by atoms with Crippen molar-refractivity contribution in [3.05, 3.63) is 18.7 Å². The molecule has 2 fully saturated rings. The van der Waals surface area contributed by atoms with Gasteiger partial charge in [0.2, 0.25) is 5.65 Å². The average molecular weight is 271 g/mol. The summed E-state index contributed by atoms with van der Waals surface area (Å²) >= 11 is 0. The van der Waals surface area contributed by atoms with Crippen molar-refractivity contribution in [2.75, 3.05) is 11.4 Å². The third-order valence-electron chi connectivity index (χ3n) is 4.93. The molecule has 3 heterocycles. The summed E-state index contributed by atoms with van der Waals surface area (Å²) in [6, 6.07) is 0.647. The molecule has 5 nitrogen and oxygen atoms in total. The molecule has 1 saturated heterocycles. The predicted molar refractivity (Wildman–Crippen MR) is 77.7 cm³/mol. The first kappa shape index (κ1) is 12.1. The SMILES string of the molecule is c1cn2cnnc2c(N2CCCC2CC2CCCC2)n1. The normalized spacial score (nSPS) is 24.0. The van der Waals surface area contributed by atoms with Crippen LogP contribution in [0.5, 0.6) is 0 Å². The minimum Gasteiger partial charge on any atom is -0.350 e. The molecule has 106 valence electrons. The van der Waals surface area contributed by atoms with Gasteiger partial charge in [-0.2, -0.15) is 0 Å².